The van der Waals surface area contributed by atoms with E-state index < -0.39 is 23.4 Å². The van der Waals surface area contributed by atoms with Crippen LogP contribution in [0.1, 0.15) is 27.8 Å². The Morgan fingerprint density at radius 1 is 0.892 bits per heavy atom. The summed E-state index contributed by atoms with van der Waals surface area (Å²) in [5.41, 5.74) is 4.11. The number of imide groups is 1. The monoisotopic (exact) mass is 495 g/mol. The Bertz CT molecular complexity index is 1420. The van der Waals surface area contributed by atoms with Crippen LogP contribution in [0.15, 0.2) is 66.7 Å². The highest BCUT2D eigenvalue weighted by atomic mass is 16.3. The number of nitrogens with one attached hydrogen (secondary N) is 2. The number of hydrogen-bond acceptors (Lipinski definition) is 5. The van der Waals surface area contributed by atoms with E-state index in [1.165, 1.54) is 4.90 Å². The molecule has 0 saturated carbocycles. The van der Waals surface area contributed by atoms with Gasteiger partial charge in [0.1, 0.15) is 11.3 Å². The molecule has 4 atom stereocenters. The minimum absolute atomic E-state index is 0.159. The maximum Gasteiger partial charge on any atom is 0.250 e. The highest BCUT2D eigenvalue weighted by Gasteiger charge is 2.70. The average Bonchev–Trinajstić information content (AvgIpc) is 3.47. The number of benzene rings is 3. The first kappa shape index (κ1) is 23.4. The second-order valence-electron chi connectivity index (χ2n) is 10.4. The molecule has 1 spiro atoms. The molecule has 6 rings (SSSR count). The molecule has 0 radical (unpaired) electrons. The van der Waals surface area contributed by atoms with Crippen molar-refractivity contribution in [1.82, 2.24) is 10.2 Å². The van der Waals surface area contributed by atoms with Gasteiger partial charge in [-0.15, -0.1) is 0 Å². The van der Waals surface area contributed by atoms with Crippen molar-refractivity contribution in [1.29, 1.82) is 0 Å². The molecule has 3 heterocycles. The molecular formula is C30H29N3O4. The molecule has 2 saturated heterocycles. The largest absolute Gasteiger partial charge is 0.508 e. The van der Waals surface area contributed by atoms with Crippen LogP contribution in [-0.2, 0) is 32.8 Å². The van der Waals surface area contributed by atoms with Gasteiger partial charge in [0, 0.05) is 23.8 Å². The Balaban J connectivity index is 1.41. The van der Waals surface area contributed by atoms with Crippen LogP contribution < -0.4 is 10.6 Å². The highest BCUT2D eigenvalue weighted by Crippen LogP contribution is 2.54. The van der Waals surface area contributed by atoms with E-state index in [4.69, 9.17) is 0 Å². The van der Waals surface area contributed by atoms with Gasteiger partial charge in [0.2, 0.25) is 17.7 Å². The van der Waals surface area contributed by atoms with Crippen LogP contribution in [0.3, 0.4) is 0 Å². The molecule has 0 bridgehead atoms. The van der Waals surface area contributed by atoms with Gasteiger partial charge in [0.05, 0.1) is 11.8 Å². The van der Waals surface area contributed by atoms with Crippen LogP contribution >= 0.6 is 0 Å². The molecule has 188 valence electrons. The first-order chi connectivity index (χ1) is 17.8. The van der Waals surface area contributed by atoms with Crippen molar-refractivity contribution in [3.8, 4) is 5.75 Å². The zero-order valence-corrected chi connectivity index (χ0v) is 20.8. The predicted octanol–water partition coefficient (Wildman–Crippen LogP) is 3.21. The van der Waals surface area contributed by atoms with Crippen molar-refractivity contribution in [3.05, 3.63) is 94.5 Å². The maximum absolute atomic E-state index is 14.0. The second kappa shape index (κ2) is 8.56. The van der Waals surface area contributed by atoms with E-state index in [1.54, 1.807) is 12.1 Å². The van der Waals surface area contributed by atoms with Crippen molar-refractivity contribution < 1.29 is 19.5 Å². The lowest BCUT2D eigenvalue weighted by Gasteiger charge is -2.29. The Kier molecular flexibility index (Phi) is 5.42. The van der Waals surface area contributed by atoms with Gasteiger partial charge in [-0.25, -0.2) is 0 Å². The van der Waals surface area contributed by atoms with Gasteiger partial charge in [-0.3, -0.25) is 24.6 Å². The minimum Gasteiger partial charge on any atom is -0.508 e. The van der Waals surface area contributed by atoms with E-state index in [1.807, 2.05) is 68.4 Å². The molecule has 0 unspecified atom stereocenters. The molecule has 7 nitrogen and oxygen atoms in total. The van der Waals surface area contributed by atoms with Crippen molar-refractivity contribution in [3.63, 3.8) is 0 Å². The number of likely N-dealkylation sites (tertiary alicyclic amines) is 1. The molecule has 0 aromatic heterocycles. The van der Waals surface area contributed by atoms with Gasteiger partial charge in [0.25, 0.3) is 0 Å². The van der Waals surface area contributed by atoms with Crippen LogP contribution in [-0.4, -0.2) is 40.3 Å². The Labute approximate surface area is 215 Å². The quantitative estimate of drug-likeness (QED) is 0.472. The number of aryl methyl sites for hydroxylation is 1. The number of amides is 3. The van der Waals surface area contributed by atoms with Crippen molar-refractivity contribution in [2.45, 2.75) is 38.3 Å². The van der Waals surface area contributed by atoms with Crippen LogP contribution in [0, 0.1) is 25.7 Å². The van der Waals surface area contributed by atoms with Gasteiger partial charge in [0.15, 0.2) is 0 Å². The number of rotatable bonds is 5. The zero-order valence-electron chi connectivity index (χ0n) is 20.8. The third kappa shape index (κ3) is 3.49. The Hall–Kier alpha value is -3.97. The number of fused-ring (bicyclic) bond motifs is 4. The summed E-state index contributed by atoms with van der Waals surface area (Å²) in [6, 6.07) is 20.1. The normalized spacial score (nSPS) is 26.1. The first-order valence-electron chi connectivity index (χ1n) is 12.7. The molecule has 3 aliphatic rings. The average molecular weight is 496 g/mol. The van der Waals surface area contributed by atoms with Gasteiger partial charge >= 0.3 is 0 Å². The van der Waals surface area contributed by atoms with Crippen LogP contribution in [0.4, 0.5) is 5.69 Å². The standard InChI is InChI=1S/C30H29N3O4/c1-17-8-13-22-26(18(17)2)31-29(37)30(22)25-24(23(32-30)16-20-9-11-21(34)12-10-20)27(35)33(28(25)36)15-14-19-6-4-3-5-7-19/h3-13,23-25,32,34H,14-16H2,1-2H3,(H,31,37)/t23-,24-,25-,30-/m1/s1. The van der Waals surface area contributed by atoms with Crippen LogP contribution in [0.2, 0.25) is 0 Å². The topological polar surface area (TPSA) is 98.7 Å². The van der Waals surface area contributed by atoms with Crippen molar-refractivity contribution in [2.24, 2.45) is 11.8 Å². The summed E-state index contributed by atoms with van der Waals surface area (Å²) in [6.45, 7) is 4.22. The number of phenolic OH excluding ortho intramolecular Hbond substituents is 1. The number of phenols is 1. The molecule has 3 aliphatic heterocycles. The SMILES string of the molecule is Cc1ccc2c(c1C)NC(=O)[C@@]21N[C@H](Cc2ccc(O)cc2)[C@H]2C(=O)N(CCc3ccccc3)C(=O)[C@@H]21. The zero-order chi connectivity index (χ0) is 25.9. The predicted molar refractivity (Wildman–Crippen MR) is 139 cm³/mol. The van der Waals surface area contributed by atoms with Crippen LogP contribution in [0.25, 0.3) is 0 Å². The lowest BCUT2D eigenvalue weighted by atomic mass is 9.75. The number of aromatic hydroxyl groups is 1. The fourth-order valence-electron chi connectivity index (χ4n) is 6.35. The molecule has 3 aromatic rings. The number of anilines is 1. The molecule has 3 aromatic carbocycles. The number of hydrogen-bond donors (Lipinski definition) is 3. The summed E-state index contributed by atoms with van der Waals surface area (Å²) in [5.74, 6) is -2.16. The van der Waals surface area contributed by atoms with E-state index in [0.29, 0.717) is 12.8 Å². The summed E-state index contributed by atoms with van der Waals surface area (Å²) in [5, 5.41) is 16.2. The summed E-state index contributed by atoms with van der Waals surface area (Å²) >= 11 is 0. The first-order valence-corrected chi connectivity index (χ1v) is 12.7. The molecule has 3 N–H and O–H groups in total. The Morgan fingerprint density at radius 2 is 1.62 bits per heavy atom. The van der Waals surface area contributed by atoms with E-state index >= 15 is 0 Å². The van der Waals surface area contributed by atoms with E-state index in [-0.39, 0.29) is 30.0 Å². The molecule has 37 heavy (non-hydrogen) atoms. The molecule has 7 heteroatoms. The summed E-state index contributed by atoms with van der Waals surface area (Å²) in [4.78, 5) is 42.9. The molecular weight excluding hydrogens is 466 g/mol. The molecule has 0 aliphatic carbocycles. The van der Waals surface area contributed by atoms with Gasteiger partial charge in [-0.2, -0.15) is 0 Å². The maximum atomic E-state index is 14.0. The molecule has 3 amide bonds. The fourth-order valence-corrected chi connectivity index (χ4v) is 6.35. The summed E-state index contributed by atoms with van der Waals surface area (Å²) in [6.07, 6.45) is 1.00. The molecule has 2 fully saturated rings. The number of carbonyl (C=O) groups is 3. The van der Waals surface area contributed by atoms with E-state index in [9.17, 15) is 19.5 Å². The third-order valence-electron chi connectivity index (χ3n) is 8.37. The Morgan fingerprint density at radius 3 is 2.35 bits per heavy atom. The fraction of sp³-hybridized carbons (Fsp3) is 0.300. The minimum atomic E-state index is -1.31. The summed E-state index contributed by atoms with van der Waals surface area (Å²) < 4.78 is 0. The van der Waals surface area contributed by atoms with Crippen LogP contribution in [0.5, 0.6) is 5.75 Å². The highest BCUT2D eigenvalue weighted by molar-refractivity contribution is 6.15. The van der Waals surface area contributed by atoms with Crippen molar-refractivity contribution in [2.75, 3.05) is 11.9 Å². The lowest BCUT2D eigenvalue weighted by molar-refractivity contribution is -0.142. The smallest absolute Gasteiger partial charge is 0.250 e. The van der Waals surface area contributed by atoms with E-state index in [0.717, 1.165) is 33.5 Å². The van der Waals surface area contributed by atoms with Gasteiger partial charge in [-0.05, 0) is 61.1 Å². The number of carbonyl (C=O) groups excluding carboxylic acids is 3. The number of nitrogens with zero attached hydrogens (tertiary/aromatic N) is 1. The second-order valence-corrected chi connectivity index (χ2v) is 10.4. The van der Waals surface area contributed by atoms with E-state index in [2.05, 4.69) is 10.6 Å². The van der Waals surface area contributed by atoms with Crippen molar-refractivity contribution >= 4 is 23.4 Å². The summed E-state index contributed by atoms with van der Waals surface area (Å²) in [7, 11) is 0. The van der Waals surface area contributed by atoms with Gasteiger partial charge < -0.3 is 10.4 Å². The lowest BCUT2D eigenvalue weighted by Crippen LogP contribution is -2.53. The van der Waals surface area contributed by atoms with Gasteiger partial charge in [-0.1, -0.05) is 54.6 Å². The third-order valence-corrected chi connectivity index (χ3v) is 8.37.